The van der Waals surface area contributed by atoms with Crippen LogP contribution in [0.1, 0.15) is 18.3 Å². The lowest BCUT2D eigenvalue weighted by atomic mass is 10.3. The van der Waals surface area contributed by atoms with Gasteiger partial charge in [0.25, 0.3) is 0 Å². The predicted octanol–water partition coefficient (Wildman–Crippen LogP) is 2.95. The molecule has 1 saturated heterocycles. The van der Waals surface area contributed by atoms with Gasteiger partial charge in [0.1, 0.15) is 10.6 Å². The molecule has 3 aromatic rings. The molecule has 0 atom stereocenters. The summed E-state index contributed by atoms with van der Waals surface area (Å²) in [7, 11) is -3.68. The molecule has 0 bridgehead atoms. The maximum atomic E-state index is 13.3. The van der Waals surface area contributed by atoms with Crippen LogP contribution in [-0.2, 0) is 10.0 Å². The summed E-state index contributed by atoms with van der Waals surface area (Å²) in [5, 5.41) is 13.1. The monoisotopic (exact) mass is 520 g/mol. The SMILES string of the molecule is CCOc1ccc(Br)cc1S(=O)(=O)N1CCN(c2ccc(-n3nc(C)cc3C)nn2)CC1. The van der Waals surface area contributed by atoms with Gasteiger partial charge < -0.3 is 9.64 Å². The minimum atomic E-state index is -3.68. The number of halogens is 1. The van der Waals surface area contributed by atoms with Gasteiger partial charge in [0.2, 0.25) is 10.0 Å². The van der Waals surface area contributed by atoms with Gasteiger partial charge >= 0.3 is 0 Å². The molecular weight excluding hydrogens is 496 g/mol. The third-order valence-corrected chi connectivity index (χ3v) is 7.66. The van der Waals surface area contributed by atoms with Crippen LogP contribution < -0.4 is 9.64 Å². The van der Waals surface area contributed by atoms with Crippen molar-refractivity contribution in [3.05, 3.63) is 52.3 Å². The predicted molar refractivity (Wildman–Crippen MR) is 125 cm³/mol. The number of rotatable bonds is 6. The molecule has 2 aromatic heterocycles. The van der Waals surface area contributed by atoms with Gasteiger partial charge in [-0.25, -0.2) is 13.1 Å². The molecule has 1 aliphatic rings. The summed E-state index contributed by atoms with van der Waals surface area (Å²) >= 11 is 3.36. The highest BCUT2D eigenvalue weighted by Crippen LogP contribution is 2.31. The molecule has 1 aliphatic heterocycles. The lowest BCUT2D eigenvalue weighted by Crippen LogP contribution is -2.49. The zero-order valence-corrected chi connectivity index (χ0v) is 20.6. The topological polar surface area (TPSA) is 93.5 Å². The first kappa shape index (κ1) is 22.7. The fourth-order valence-corrected chi connectivity index (χ4v) is 5.81. The van der Waals surface area contributed by atoms with Crippen LogP contribution in [0.15, 0.2) is 45.8 Å². The molecule has 0 N–H and O–H groups in total. The summed E-state index contributed by atoms with van der Waals surface area (Å²) in [5.41, 5.74) is 1.91. The Balaban J connectivity index is 1.47. The van der Waals surface area contributed by atoms with Gasteiger partial charge in [-0.05, 0) is 57.2 Å². The van der Waals surface area contributed by atoms with E-state index in [9.17, 15) is 8.42 Å². The number of aromatic nitrogens is 4. The van der Waals surface area contributed by atoms with Crippen molar-refractivity contribution in [2.75, 3.05) is 37.7 Å². The largest absolute Gasteiger partial charge is 0.492 e. The number of anilines is 1. The lowest BCUT2D eigenvalue weighted by molar-refractivity contribution is 0.327. The summed E-state index contributed by atoms with van der Waals surface area (Å²) in [4.78, 5) is 2.21. The fraction of sp³-hybridized carbons (Fsp3) is 0.381. The number of sulfonamides is 1. The normalized spacial score (nSPS) is 15.2. The van der Waals surface area contributed by atoms with Gasteiger partial charge in [0, 0.05) is 36.3 Å². The second-order valence-electron chi connectivity index (χ2n) is 7.50. The van der Waals surface area contributed by atoms with Crippen molar-refractivity contribution in [2.45, 2.75) is 25.7 Å². The Labute approximate surface area is 196 Å². The molecule has 0 spiro atoms. The Kier molecular flexibility index (Phi) is 6.50. The minimum Gasteiger partial charge on any atom is -0.492 e. The number of nitrogens with zero attached hydrogens (tertiary/aromatic N) is 6. The van der Waals surface area contributed by atoms with Crippen LogP contribution >= 0.6 is 15.9 Å². The molecule has 1 fully saturated rings. The van der Waals surface area contributed by atoms with E-state index in [1.54, 1.807) is 22.9 Å². The highest BCUT2D eigenvalue weighted by Gasteiger charge is 2.31. The Bertz CT molecular complexity index is 1200. The Hall–Kier alpha value is -2.50. The first-order valence-electron chi connectivity index (χ1n) is 10.3. The molecule has 0 radical (unpaired) electrons. The van der Waals surface area contributed by atoms with Crippen molar-refractivity contribution in [2.24, 2.45) is 0 Å². The third-order valence-electron chi connectivity index (χ3n) is 5.25. The zero-order chi connectivity index (χ0) is 22.9. The van der Waals surface area contributed by atoms with E-state index in [2.05, 4.69) is 31.2 Å². The van der Waals surface area contributed by atoms with E-state index in [-0.39, 0.29) is 4.90 Å². The average Bonchev–Trinajstić information content (AvgIpc) is 3.13. The number of benzene rings is 1. The highest BCUT2D eigenvalue weighted by molar-refractivity contribution is 9.10. The van der Waals surface area contributed by atoms with E-state index < -0.39 is 10.0 Å². The van der Waals surface area contributed by atoms with Crippen molar-refractivity contribution < 1.29 is 13.2 Å². The third kappa shape index (κ3) is 4.50. The Morgan fingerprint density at radius 3 is 2.28 bits per heavy atom. The smallest absolute Gasteiger partial charge is 0.246 e. The van der Waals surface area contributed by atoms with Gasteiger partial charge in [0.15, 0.2) is 11.6 Å². The van der Waals surface area contributed by atoms with Crippen molar-refractivity contribution in [3.63, 3.8) is 0 Å². The molecule has 0 unspecified atom stereocenters. The van der Waals surface area contributed by atoms with E-state index in [0.717, 1.165) is 11.4 Å². The van der Waals surface area contributed by atoms with Crippen LogP contribution in [0.4, 0.5) is 5.82 Å². The van der Waals surface area contributed by atoms with E-state index in [1.807, 2.05) is 43.9 Å². The fourth-order valence-electron chi connectivity index (χ4n) is 3.72. The van der Waals surface area contributed by atoms with Crippen LogP contribution in [0.25, 0.3) is 5.82 Å². The summed E-state index contributed by atoms with van der Waals surface area (Å²) in [5.74, 6) is 1.73. The van der Waals surface area contributed by atoms with E-state index in [1.165, 1.54) is 4.31 Å². The number of hydrogen-bond acceptors (Lipinski definition) is 7. The second kappa shape index (κ2) is 9.16. The second-order valence-corrected chi connectivity index (χ2v) is 10.3. The van der Waals surface area contributed by atoms with Crippen LogP contribution in [0.3, 0.4) is 0 Å². The number of piperazine rings is 1. The summed E-state index contributed by atoms with van der Waals surface area (Å²) in [6, 6.07) is 10.8. The first-order valence-corrected chi connectivity index (χ1v) is 12.6. The number of aryl methyl sites for hydroxylation is 2. The van der Waals surface area contributed by atoms with E-state index in [4.69, 9.17) is 4.74 Å². The molecule has 9 nitrogen and oxygen atoms in total. The van der Waals surface area contributed by atoms with Crippen LogP contribution in [-0.4, -0.2) is 65.5 Å². The lowest BCUT2D eigenvalue weighted by Gasteiger charge is -2.34. The number of ether oxygens (including phenoxy) is 1. The molecule has 3 heterocycles. The standard InChI is InChI=1S/C21H25BrN6O3S/c1-4-31-18-6-5-17(22)14-19(18)32(29,30)27-11-9-26(10-12-27)20-7-8-21(24-23-20)28-16(3)13-15(2)25-28/h5-8,13-14H,4,9-12H2,1-3H3. The molecule has 0 saturated carbocycles. The van der Waals surface area contributed by atoms with Gasteiger partial charge in [-0.1, -0.05) is 15.9 Å². The Morgan fingerprint density at radius 2 is 1.69 bits per heavy atom. The molecule has 0 aliphatic carbocycles. The molecular formula is C21H25BrN6O3S. The quantitative estimate of drug-likeness (QED) is 0.493. The molecule has 0 amide bonds. The maximum absolute atomic E-state index is 13.3. The minimum absolute atomic E-state index is 0.177. The van der Waals surface area contributed by atoms with Crippen molar-refractivity contribution >= 4 is 31.8 Å². The number of hydrogen-bond donors (Lipinski definition) is 0. The molecule has 4 rings (SSSR count). The van der Waals surface area contributed by atoms with Crippen molar-refractivity contribution in [1.82, 2.24) is 24.3 Å². The van der Waals surface area contributed by atoms with Crippen molar-refractivity contribution in [1.29, 1.82) is 0 Å². The van der Waals surface area contributed by atoms with Crippen LogP contribution in [0, 0.1) is 13.8 Å². The van der Waals surface area contributed by atoms with Gasteiger partial charge in [-0.2, -0.15) is 9.40 Å². The summed E-state index contributed by atoms with van der Waals surface area (Å²) in [6.07, 6.45) is 0. The van der Waals surface area contributed by atoms with Gasteiger partial charge in [-0.3, -0.25) is 0 Å². The van der Waals surface area contributed by atoms with Gasteiger partial charge in [-0.15, -0.1) is 10.2 Å². The van der Waals surface area contributed by atoms with Crippen LogP contribution in [0.5, 0.6) is 5.75 Å². The zero-order valence-electron chi connectivity index (χ0n) is 18.2. The van der Waals surface area contributed by atoms with E-state index >= 15 is 0 Å². The maximum Gasteiger partial charge on any atom is 0.246 e. The average molecular weight is 521 g/mol. The Morgan fingerprint density at radius 1 is 1.00 bits per heavy atom. The molecule has 11 heteroatoms. The molecule has 32 heavy (non-hydrogen) atoms. The summed E-state index contributed by atoms with van der Waals surface area (Å²) < 4.78 is 36.1. The van der Waals surface area contributed by atoms with Crippen LogP contribution in [0.2, 0.25) is 0 Å². The summed E-state index contributed by atoms with van der Waals surface area (Å²) in [6.45, 7) is 7.86. The molecule has 170 valence electrons. The van der Waals surface area contributed by atoms with Gasteiger partial charge in [0.05, 0.1) is 12.3 Å². The van der Waals surface area contributed by atoms with Crippen molar-refractivity contribution in [3.8, 4) is 11.6 Å². The molecule has 1 aromatic carbocycles. The first-order chi connectivity index (χ1) is 15.3. The highest BCUT2D eigenvalue weighted by atomic mass is 79.9. The van der Waals surface area contributed by atoms with E-state index in [0.29, 0.717) is 54.6 Å².